The van der Waals surface area contributed by atoms with E-state index in [1.807, 2.05) is 6.92 Å². The first kappa shape index (κ1) is 11.6. The van der Waals surface area contributed by atoms with Crippen molar-refractivity contribution in [1.29, 1.82) is 0 Å². The van der Waals surface area contributed by atoms with Crippen LogP contribution in [0.25, 0.3) is 0 Å². The number of rotatable bonds is 5. The van der Waals surface area contributed by atoms with Crippen molar-refractivity contribution in [3.63, 3.8) is 0 Å². The summed E-state index contributed by atoms with van der Waals surface area (Å²) in [7, 11) is 0. The third-order valence-electron chi connectivity index (χ3n) is 1.51. The Kier molecular flexibility index (Phi) is 5.91. The van der Waals surface area contributed by atoms with E-state index in [0.29, 0.717) is 0 Å². The lowest BCUT2D eigenvalue weighted by molar-refractivity contribution is 1.14. The summed E-state index contributed by atoms with van der Waals surface area (Å²) in [5, 5.41) is 0. The minimum atomic E-state index is 1.07. The van der Waals surface area contributed by atoms with Crippen molar-refractivity contribution in [2.24, 2.45) is 0 Å². The van der Waals surface area contributed by atoms with Gasteiger partial charge in [-0.25, -0.2) is 0 Å². The summed E-state index contributed by atoms with van der Waals surface area (Å²) in [6.07, 6.45) is 4.43. The highest BCUT2D eigenvalue weighted by molar-refractivity contribution is 8.06. The van der Waals surface area contributed by atoms with Crippen LogP contribution in [0.15, 0.2) is 34.6 Å². The fourth-order valence-corrected chi connectivity index (χ4v) is 1.62. The maximum Gasteiger partial charge on any atom is 0.00699 e. The Morgan fingerprint density at radius 1 is 1.33 bits per heavy atom. The van der Waals surface area contributed by atoms with Gasteiger partial charge >= 0.3 is 0 Å². The summed E-state index contributed by atoms with van der Waals surface area (Å²) in [5.74, 6) is 0. The summed E-state index contributed by atoms with van der Waals surface area (Å²) in [6, 6.07) is 0. The highest BCUT2D eigenvalue weighted by Crippen LogP contribution is 2.30. The van der Waals surface area contributed by atoms with Crippen LogP contribution in [-0.2, 0) is 0 Å². The molecule has 0 heterocycles. The van der Waals surface area contributed by atoms with Gasteiger partial charge in [0.1, 0.15) is 0 Å². The van der Waals surface area contributed by atoms with E-state index in [9.17, 15) is 0 Å². The van der Waals surface area contributed by atoms with Crippen molar-refractivity contribution in [3.8, 4) is 0 Å². The van der Waals surface area contributed by atoms with E-state index in [4.69, 9.17) is 0 Å². The first-order valence-corrected chi connectivity index (χ1v) is 5.15. The number of hydrogen-bond acceptors (Lipinski definition) is 1. The second-order valence-corrected chi connectivity index (χ2v) is 3.96. The van der Waals surface area contributed by atoms with Gasteiger partial charge < -0.3 is 0 Å². The highest BCUT2D eigenvalue weighted by atomic mass is 32.2. The van der Waals surface area contributed by atoms with Gasteiger partial charge in [0.05, 0.1) is 0 Å². The van der Waals surface area contributed by atoms with Crippen molar-refractivity contribution < 1.29 is 0 Å². The molecule has 0 bridgehead atoms. The van der Waals surface area contributed by atoms with Crippen LogP contribution in [0.3, 0.4) is 0 Å². The summed E-state index contributed by atoms with van der Waals surface area (Å²) >= 11 is 1.74. The highest BCUT2D eigenvalue weighted by Gasteiger charge is 1.99. The molecule has 0 radical (unpaired) electrons. The molecule has 0 unspecified atom stereocenters. The molecule has 0 fully saturated rings. The largest absolute Gasteiger partial charge is 0.0953 e. The fraction of sp³-hybridized carbons (Fsp3) is 0.455. The van der Waals surface area contributed by atoms with Crippen molar-refractivity contribution in [1.82, 2.24) is 0 Å². The fourth-order valence-electron chi connectivity index (χ4n) is 0.731. The summed E-state index contributed by atoms with van der Waals surface area (Å²) < 4.78 is 0. The Labute approximate surface area is 80.4 Å². The van der Waals surface area contributed by atoms with Crippen molar-refractivity contribution in [3.05, 3.63) is 34.6 Å². The molecule has 0 aromatic carbocycles. The lowest BCUT2D eigenvalue weighted by atomic mass is 10.3. The maximum absolute atomic E-state index is 3.95. The zero-order chi connectivity index (χ0) is 9.56. The van der Waals surface area contributed by atoms with Crippen LogP contribution in [0.1, 0.15) is 33.6 Å². The Bertz CT molecular complexity index is 199. The Hall–Kier alpha value is -0.430. The number of thioether (sulfide) groups is 1. The second-order valence-electron chi connectivity index (χ2n) is 2.74. The van der Waals surface area contributed by atoms with Crippen LogP contribution in [-0.4, -0.2) is 0 Å². The molecule has 0 nitrogen and oxygen atoms in total. The molecule has 0 aliphatic heterocycles. The molecule has 0 rings (SSSR count). The van der Waals surface area contributed by atoms with Gasteiger partial charge in [0.15, 0.2) is 0 Å². The van der Waals surface area contributed by atoms with Crippen LogP contribution < -0.4 is 0 Å². The molecule has 0 spiro atoms. The van der Waals surface area contributed by atoms with E-state index >= 15 is 0 Å². The van der Waals surface area contributed by atoms with Crippen LogP contribution in [0.4, 0.5) is 0 Å². The van der Waals surface area contributed by atoms with Gasteiger partial charge in [-0.05, 0) is 30.2 Å². The molecule has 0 atom stereocenters. The molecule has 0 saturated heterocycles. The summed E-state index contributed by atoms with van der Waals surface area (Å²) in [5.41, 5.74) is 1.07. The number of allylic oxidation sites excluding steroid dienone is 3. The molecular formula is C11H18S. The minimum absolute atomic E-state index is 1.07. The van der Waals surface area contributed by atoms with Crippen molar-refractivity contribution >= 4 is 11.8 Å². The third kappa shape index (κ3) is 4.45. The molecule has 0 aliphatic rings. The first-order valence-electron chi connectivity index (χ1n) is 4.33. The second kappa shape index (κ2) is 6.13. The molecular weight excluding hydrogens is 164 g/mol. The SMILES string of the molecule is C=C(C)C(=C)S/C(=C\CC)CC. The standard InChI is InChI=1S/C11H18S/c1-6-8-11(7-2)12-10(5)9(3)4/h8H,3,5-7H2,1-2,4H3/b11-8-. The molecule has 0 N–H and O–H groups in total. The maximum atomic E-state index is 3.95. The van der Waals surface area contributed by atoms with Gasteiger partial charge in [-0.1, -0.05) is 44.8 Å². The molecule has 1 heteroatoms. The van der Waals surface area contributed by atoms with Crippen LogP contribution >= 0.6 is 11.8 Å². The summed E-state index contributed by atoms with van der Waals surface area (Å²) in [6.45, 7) is 14.1. The third-order valence-corrected chi connectivity index (χ3v) is 2.82. The predicted octanol–water partition coefficient (Wildman–Crippen LogP) is 4.51. The van der Waals surface area contributed by atoms with Crippen LogP contribution in [0.5, 0.6) is 0 Å². The van der Waals surface area contributed by atoms with Crippen molar-refractivity contribution in [2.45, 2.75) is 33.6 Å². The summed E-state index contributed by atoms with van der Waals surface area (Å²) in [4.78, 5) is 2.47. The smallest absolute Gasteiger partial charge is 0.00699 e. The van der Waals surface area contributed by atoms with E-state index < -0.39 is 0 Å². The number of hydrogen-bond donors (Lipinski definition) is 0. The van der Waals surface area contributed by atoms with Crippen molar-refractivity contribution in [2.75, 3.05) is 0 Å². The van der Waals surface area contributed by atoms with E-state index in [1.54, 1.807) is 11.8 Å². The average Bonchev–Trinajstić information content (AvgIpc) is 2.03. The average molecular weight is 182 g/mol. The van der Waals surface area contributed by atoms with E-state index in [-0.39, 0.29) is 0 Å². The quantitative estimate of drug-likeness (QED) is 0.564. The van der Waals surface area contributed by atoms with E-state index in [2.05, 4.69) is 33.1 Å². The molecule has 0 aromatic rings. The Morgan fingerprint density at radius 3 is 2.25 bits per heavy atom. The zero-order valence-electron chi connectivity index (χ0n) is 8.31. The normalized spacial score (nSPS) is 11.4. The van der Waals surface area contributed by atoms with E-state index in [1.165, 1.54) is 4.91 Å². The molecule has 0 amide bonds. The van der Waals surface area contributed by atoms with Gasteiger partial charge in [-0.2, -0.15) is 0 Å². The Morgan fingerprint density at radius 2 is 1.92 bits per heavy atom. The zero-order valence-corrected chi connectivity index (χ0v) is 9.13. The van der Waals surface area contributed by atoms with Gasteiger partial charge in [0.25, 0.3) is 0 Å². The van der Waals surface area contributed by atoms with Gasteiger partial charge in [0.2, 0.25) is 0 Å². The minimum Gasteiger partial charge on any atom is -0.0953 e. The lowest BCUT2D eigenvalue weighted by Gasteiger charge is -2.06. The first-order chi connectivity index (χ1) is 5.61. The molecule has 12 heavy (non-hydrogen) atoms. The topological polar surface area (TPSA) is 0 Å². The monoisotopic (exact) mass is 182 g/mol. The van der Waals surface area contributed by atoms with Gasteiger partial charge in [0, 0.05) is 4.91 Å². The Balaban J connectivity index is 4.12. The predicted molar refractivity (Wildman–Crippen MR) is 60.2 cm³/mol. The van der Waals surface area contributed by atoms with Crippen LogP contribution in [0, 0.1) is 0 Å². The molecule has 0 saturated carbocycles. The van der Waals surface area contributed by atoms with E-state index in [0.717, 1.165) is 23.3 Å². The lowest BCUT2D eigenvalue weighted by Crippen LogP contribution is -1.78. The molecule has 0 aromatic heterocycles. The van der Waals surface area contributed by atoms with Gasteiger partial charge in [-0.15, -0.1) is 0 Å². The molecule has 0 aliphatic carbocycles. The van der Waals surface area contributed by atoms with Gasteiger partial charge in [-0.3, -0.25) is 0 Å². The van der Waals surface area contributed by atoms with Crippen LogP contribution in [0.2, 0.25) is 0 Å². The molecule has 68 valence electrons.